The van der Waals surface area contributed by atoms with Crippen molar-refractivity contribution in [1.82, 2.24) is 19.2 Å². The molecule has 0 N–H and O–H groups in total. The number of hydrogen-bond acceptors (Lipinski definition) is 7. The monoisotopic (exact) mass is 479 g/mol. The van der Waals surface area contributed by atoms with Crippen LogP contribution in [0.4, 0.5) is 10.2 Å². The van der Waals surface area contributed by atoms with E-state index < -0.39 is 5.82 Å². The normalized spacial score (nSPS) is 14.5. The van der Waals surface area contributed by atoms with Gasteiger partial charge in [0.15, 0.2) is 17.4 Å². The first kappa shape index (κ1) is 22.8. The standard InChI is InChI=1S/C25H26FN5O4/c1-3-35-24(32)17-10-12-29(13-11-17)22-23-28-30(15-16-8-9-21(34-2)18(26)14-16)25(33)31(23)20-7-5-4-6-19(20)27-22/h4-9,14,17H,3,10-13,15H2,1-2H3. The number of piperidine rings is 1. The molecule has 0 spiro atoms. The van der Waals surface area contributed by atoms with Gasteiger partial charge in [-0.05, 0) is 49.6 Å². The van der Waals surface area contributed by atoms with E-state index in [0.717, 1.165) is 0 Å². The Bertz CT molecular complexity index is 1460. The zero-order valence-corrected chi connectivity index (χ0v) is 19.6. The lowest BCUT2D eigenvalue weighted by atomic mass is 9.97. The fourth-order valence-electron chi connectivity index (χ4n) is 4.56. The van der Waals surface area contributed by atoms with Crippen LogP contribution in [-0.4, -0.2) is 51.9 Å². The number of methoxy groups -OCH3 is 1. The van der Waals surface area contributed by atoms with Gasteiger partial charge < -0.3 is 14.4 Å². The van der Waals surface area contributed by atoms with Crippen LogP contribution in [0.3, 0.4) is 0 Å². The van der Waals surface area contributed by atoms with Crippen LogP contribution >= 0.6 is 0 Å². The lowest BCUT2D eigenvalue weighted by Gasteiger charge is -2.31. The third kappa shape index (κ3) is 4.20. The van der Waals surface area contributed by atoms with E-state index in [2.05, 4.69) is 10.00 Å². The lowest BCUT2D eigenvalue weighted by Crippen LogP contribution is -2.37. The van der Waals surface area contributed by atoms with Crippen molar-refractivity contribution in [2.24, 2.45) is 5.92 Å². The van der Waals surface area contributed by atoms with Crippen LogP contribution in [0.2, 0.25) is 0 Å². The number of para-hydroxylation sites is 2. The average Bonchev–Trinajstić information content (AvgIpc) is 3.20. The summed E-state index contributed by atoms with van der Waals surface area (Å²) >= 11 is 0. The van der Waals surface area contributed by atoms with Crippen LogP contribution in [0.1, 0.15) is 25.3 Å². The van der Waals surface area contributed by atoms with Gasteiger partial charge in [0, 0.05) is 13.1 Å². The zero-order valence-electron chi connectivity index (χ0n) is 19.6. The van der Waals surface area contributed by atoms with Gasteiger partial charge in [0.2, 0.25) is 5.65 Å². The molecule has 1 aliphatic rings. The highest BCUT2D eigenvalue weighted by molar-refractivity contribution is 5.83. The topological polar surface area (TPSA) is 91.0 Å². The summed E-state index contributed by atoms with van der Waals surface area (Å²) < 4.78 is 27.3. The van der Waals surface area contributed by atoms with E-state index in [1.165, 1.54) is 23.9 Å². The molecular formula is C25H26FN5O4. The first-order valence-corrected chi connectivity index (χ1v) is 11.6. The maximum atomic E-state index is 14.2. The van der Waals surface area contributed by atoms with Crippen molar-refractivity contribution < 1.29 is 18.7 Å². The summed E-state index contributed by atoms with van der Waals surface area (Å²) in [4.78, 5) is 32.5. The Morgan fingerprint density at radius 3 is 2.66 bits per heavy atom. The Labute approximate surface area is 200 Å². The van der Waals surface area contributed by atoms with Gasteiger partial charge in [0.05, 0.1) is 37.2 Å². The molecule has 0 atom stereocenters. The van der Waals surface area contributed by atoms with Crippen LogP contribution in [0, 0.1) is 11.7 Å². The zero-order chi connectivity index (χ0) is 24.5. The van der Waals surface area contributed by atoms with Gasteiger partial charge in [0.25, 0.3) is 0 Å². The molecule has 1 aliphatic heterocycles. The molecule has 0 saturated carbocycles. The predicted octanol–water partition coefficient (Wildman–Crippen LogP) is 3.02. The van der Waals surface area contributed by atoms with Crippen molar-refractivity contribution in [2.75, 3.05) is 31.7 Å². The highest BCUT2D eigenvalue weighted by Crippen LogP contribution is 2.28. The van der Waals surface area contributed by atoms with Crippen LogP contribution in [0.5, 0.6) is 5.75 Å². The average molecular weight is 480 g/mol. The maximum absolute atomic E-state index is 14.2. The van der Waals surface area contributed by atoms with Crippen LogP contribution in [-0.2, 0) is 16.1 Å². The van der Waals surface area contributed by atoms with Crippen LogP contribution < -0.4 is 15.3 Å². The molecule has 35 heavy (non-hydrogen) atoms. The molecule has 0 bridgehead atoms. The van der Waals surface area contributed by atoms with E-state index in [9.17, 15) is 14.0 Å². The van der Waals surface area contributed by atoms with Crippen molar-refractivity contribution in [3.05, 3.63) is 64.3 Å². The molecule has 0 aliphatic carbocycles. The van der Waals surface area contributed by atoms with E-state index in [1.54, 1.807) is 17.4 Å². The molecule has 0 amide bonds. The number of esters is 1. The van der Waals surface area contributed by atoms with Crippen LogP contribution in [0.15, 0.2) is 47.3 Å². The first-order chi connectivity index (χ1) is 17.0. The highest BCUT2D eigenvalue weighted by Gasteiger charge is 2.29. The van der Waals surface area contributed by atoms with Gasteiger partial charge in [-0.3, -0.25) is 4.79 Å². The summed E-state index contributed by atoms with van der Waals surface area (Å²) in [5.41, 5.74) is 1.99. The molecule has 10 heteroatoms. The number of carbonyl (C=O) groups is 1. The second kappa shape index (κ2) is 9.36. The molecule has 182 valence electrons. The Hall–Kier alpha value is -3.95. The van der Waals surface area contributed by atoms with Gasteiger partial charge in [0.1, 0.15) is 0 Å². The quantitative estimate of drug-likeness (QED) is 0.393. The highest BCUT2D eigenvalue weighted by atomic mass is 19.1. The van der Waals surface area contributed by atoms with E-state index in [0.29, 0.717) is 60.6 Å². The second-order valence-corrected chi connectivity index (χ2v) is 8.51. The van der Waals surface area contributed by atoms with Gasteiger partial charge in [-0.2, -0.15) is 0 Å². The van der Waals surface area contributed by atoms with Crippen molar-refractivity contribution in [2.45, 2.75) is 26.3 Å². The molecule has 2 aromatic heterocycles. The van der Waals surface area contributed by atoms with Gasteiger partial charge in [-0.25, -0.2) is 23.3 Å². The fourth-order valence-corrected chi connectivity index (χ4v) is 4.56. The minimum absolute atomic E-state index is 0.0973. The second-order valence-electron chi connectivity index (χ2n) is 8.51. The number of halogens is 1. The van der Waals surface area contributed by atoms with E-state index in [1.807, 2.05) is 24.3 Å². The minimum atomic E-state index is -0.501. The Balaban J connectivity index is 1.54. The maximum Gasteiger partial charge on any atom is 0.351 e. The van der Waals surface area contributed by atoms with Gasteiger partial charge in [-0.1, -0.05) is 18.2 Å². The Kier molecular flexibility index (Phi) is 6.10. The number of fused-ring (bicyclic) bond motifs is 3. The largest absolute Gasteiger partial charge is 0.494 e. The van der Waals surface area contributed by atoms with Crippen molar-refractivity contribution in [3.63, 3.8) is 0 Å². The van der Waals surface area contributed by atoms with Crippen LogP contribution in [0.25, 0.3) is 16.7 Å². The SMILES string of the molecule is CCOC(=O)C1CCN(c2nc3ccccc3n3c(=O)n(Cc4ccc(OC)c(F)c4)nc23)CC1. The summed E-state index contributed by atoms with van der Waals surface area (Å²) in [6, 6.07) is 12.0. The Morgan fingerprint density at radius 2 is 1.94 bits per heavy atom. The third-order valence-electron chi connectivity index (χ3n) is 6.35. The minimum Gasteiger partial charge on any atom is -0.494 e. The third-order valence-corrected chi connectivity index (χ3v) is 6.35. The van der Waals surface area contributed by atoms with E-state index in [-0.39, 0.29) is 29.9 Å². The molecule has 1 fully saturated rings. The molecule has 4 aromatic rings. The number of hydrogen-bond donors (Lipinski definition) is 0. The Morgan fingerprint density at radius 1 is 1.17 bits per heavy atom. The first-order valence-electron chi connectivity index (χ1n) is 11.6. The number of rotatable bonds is 6. The molecule has 0 unspecified atom stereocenters. The molecule has 0 radical (unpaired) electrons. The lowest BCUT2D eigenvalue weighted by molar-refractivity contribution is -0.148. The fraction of sp³-hybridized carbons (Fsp3) is 0.360. The van der Waals surface area contributed by atoms with Crippen molar-refractivity contribution in [3.8, 4) is 5.75 Å². The number of nitrogens with zero attached hydrogens (tertiary/aromatic N) is 5. The smallest absolute Gasteiger partial charge is 0.351 e. The molecule has 2 aromatic carbocycles. The van der Waals surface area contributed by atoms with E-state index in [4.69, 9.17) is 14.5 Å². The van der Waals surface area contributed by atoms with Gasteiger partial charge in [-0.15, -0.1) is 5.10 Å². The predicted molar refractivity (Wildman–Crippen MR) is 128 cm³/mol. The molecule has 1 saturated heterocycles. The molecule has 9 nitrogen and oxygen atoms in total. The summed E-state index contributed by atoms with van der Waals surface area (Å²) in [5.74, 6) is -0.0926. The summed E-state index contributed by atoms with van der Waals surface area (Å²) in [5, 5.41) is 4.61. The number of carbonyl (C=O) groups excluding carboxylic acids is 1. The summed E-state index contributed by atoms with van der Waals surface area (Å²) in [7, 11) is 1.40. The number of anilines is 1. The van der Waals surface area contributed by atoms with Gasteiger partial charge >= 0.3 is 11.7 Å². The molecule has 5 rings (SSSR count). The molecular weight excluding hydrogens is 453 g/mol. The number of benzene rings is 2. The number of aromatic nitrogens is 4. The molecule has 3 heterocycles. The van der Waals surface area contributed by atoms with E-state index >= 15 is 0 Å². The number of ether oxygens (including phenoxy) is 2. The van der Waals surface area contributed by atoms with Crippen molar-refractivity contribution >= 4 is 28.5 Å². The summed E-state index contributed by atoms with van der Waals surface area (Å²) in [6.07, 6.45) is 1.27. The van der Waals surface area contributed by atoms with Crippen molar-refractivity contribution in [1.29, 1.82) is 0 Å². The summed E-state index contributed by atoms with van der Waals surface area (Å²) in [6.45, 7) is 3.45.